The molecule has 7 heteroatoms. The zero-order chi connectivity index (χ0) is 18.3. The van der Waals surface area contributed by atoms with E-state index in [1.807, 2.05) is 0 Å². The van der Waals surface area contributed by atoms with Crippen LogP contribution in [-0.2, 0) is 9.31 Å². The molecule has 0 saturated carbocycles. The third-order valence-corrected chi connectivity index (χ3v) is 5.25. The van der Waals surface area contributed by atoms with E-state index in [0.29, 0.717) is 10.6 Å². The van der Waals surface area contributed by atoms with E-state index >= 15 is 0 Å². The topological polar surface area (TPSA) is 35.5 Å². The Kier molecular flexibility index (Phi) is 5.15. The highest BCUT2D eigenvalue weighted by atomic mass is 35.5. The summed E-state index contributed by atoms with van der Waals surface area (Å²) in [6, 6.07) is 6.17. The highest BCUT2D eigenvalue weighted by Crippen LogP contribution is 2.50. The average molecular weight is 359 g/mol. The molecular formula is C17H22BClF2O3. The SMILES string of the molecule is CC1(C)OB([C@@](C)(CC(=O)c2ccc(Cl)cc2)C(F)F)OC1(C)C. The van der Waals surface area contributed by atoms with Crippen molar-refractivity contribution in [2.24, 2.45) is 0 Å². The number of rotatable bonds is 5. The minimum atomic E-state index is -2.77. The quantitative estimate of drug-likeness (QED) is 0.547. The first-order valence-corrected chi connectivity index (χ1v) is 8.19. The van der Waals surface area contributed by atoms with Crippen LogP contribution in [0, 0.1) is 0 Å². The fourth-order valence-corrected chi connectivity index (χ4v) is 2.59. The maximum Gasteiger partial charge on any atom is 0.470 e. The number of Topliss-reactive ketones (excluding diaryl/α,β-unsaturated/α-hetero) is 1. The van der Waals surface area contributed by atoms with E-state index in [9.17, 15) is 13.6 Å². The minimum Gasteiger partial charge on any atom is -0.403 e. The van der Waals surface area contributed by atoms with Gasteiger partial charge < -0.3 is 9.31 Å². The Hall–Kier alpha value is -0.975. The molecule has 0 aliphatic carbocycles. The summed E-state index contributed by atoms with van der Waals surface area (Å²) < 4.78 is 39.2. The highest BCUT2D eigenvalue weighted by Gasteiger charge is 2.61. The predicted molar refractivity (Wildman–Crippen MR) is 90.9 cm³/mol. The first-order chi connectivity index (χ1) is 10.9. The summed E-state index contributed by atoms with van der Waals surface area (Å²) in [5.74, 6) is -0.399. The van der Waals surface area contributed by atoms with Crippen LogP contribution in [0.25, 0.3) is 0 Å². The van der Waals surface area contributed by atoms with Crippen molar-refractivity contribution in [3.05, 3.63) is 34.9 Å². The number of carbonyl (C=O) groups is 1. The Labute approximate surface area is 146 Å². The molecule has 0 aromatic heterocycles. The Morgan fingerprint density at radius 2 is 1.62 bits per heavy atom. The molecule has 1 aliphatic heterocycles. The van der Waals surface area contributed by atoms with Crippen molar-refractivity contribution in [1.82, 2.24) is 0 Å². The van der Waals surface area contributed by atoms with E-state index < -0.39 is 35.8 Å². The van der Waals surface area contributed by atoms with Crippen molar-refractivity contribution in [3.8, 4) is 0 Å². The van der Waals surface area contributed by atoms with Gasteiger partial charge in [-0.2, -0.15) is 0 Å². The second kappa shape index (κ2) is 6.39. The van der Waals surface area contributed by atoms with Crippen molar-refractivity contribution >= 4 is 24.5 Å². The van der Waals surface area contributed by atoms with Gasteiger partial charge in [-0.3, -0.25) is 4.79 Å². The Morgan fingerprint density at radius 1 is 1.17 bits per heavy atom. The normalized spacial score (nSPS) is 21.8. The van der Waals surface area contributed by atoms with Gasteiger partial charge in [0.25, 0.3) is 0 Å². The fraction of sp³-hybridized carbons (Fsp3) is 0.588. The first kappa shape index (κ1) is 19.4. The van der Waals surface area contributed by atoms with E-state index in [1.54, 1.807) is 39.8 Å². The zero-order valence-electron chi connectivity index (χ0n) is 14.5. The molecular weight excluding hydrogens is 336 g/mol. The van der Waals surface area contributed by atoms with Gasteiger partial charge in [-0.05, 0) is 52.0 Å². The van der Waals surface area contributed by atoms with Gasteiger partial charge in [0.1, 0.15) is 0 Å². The van der Waals surface area contributed by atoms with Crippen LogP contribution in [0.1, 0.15) is 51.4 Å². The lowest BCUT2D eigenvalue weighted by molar-refractivity contribution is 0.00578. The molecule has 0 bridgehead atoms. The number of ketones is 1. The fourth-order valence-electron chi connectivity index (χ4n) is 2.46. The summed E-state index contributed by atoms with van der Waals surface area (Å²) in [5.41, 5.74) is -1.14. The Balaban J connectivity index is 2.25. The van der Waals surface area contributed by atoms with E-state index in [2.05, 4.69) is 0 Å². The average Bonchev–Trinajstić information content (AvgIpc) is 2.68. The molecule has 3 nitrogen and oxygen atoms in total. The highest BCUT2D eigenvalue weighted by molar-refractivity contribution is 6.50. The third-order valence-electron chi connectivity index (χ3n) is 5.00. The molecule has 132 valence electrons. The molecule has 24 heavy (non-hydrogen) atoms. The van der Waals surface area contributed by atoms with E-state index in [1.165, 1.54) is 19.1 Å². The molecule has 1 fully saturated rings. The lowest BCUT2D eigenvalue weighted by Gasteiger charge is -2.32. The van der Waals surface area contributed by atoms with Crippen molar-refractivity contribution in [2.75, 3.05) is 0 Å². The summed E-state index contributed by atoms with van der Waals surface area (Å²) in [4.78, 5) is 12.5. The largest absolute Gasteiger partial charge is 0.470 e. The summed E-state index contributed by atoms with van der Waals surface area (Å²) in [7, 11) is -1.17. The molecule has 1 saturated heterocycles. The maximum atomic E-state index is 13.8. The van der Waals surface area contributed by atoms with Crippen LogP contribution in [0.3, 0.4) is 0 Å². The molecule has 0 spiro atoms. The molecule has 1 heterocycles. The van der Waals surface area contributed by atoms with Gasteiger partial charge in [0.05, 0.1) is 16.5 Å². The molecule has 0 amide bonds. The van der Waals surface area contributed by atoms with Gasteiger partial charge in [-0.1, -0.05) is 18.5 Å². The van der Waals surface area contributed by atoms with Crippen LogP contribution < -0.4 is 0 Å². The maximum absolute atomic E-state index is 13.8. The predicted octanol–water partition coefficient (Wildman–Crippen LogP) is 5.03. The first-order valence-electron chi connectivity index (χ1n) is 7.82. The van der Waals surface area contributed by atoms with Crippen LogP contribution in [0.5, 0.6) is 0 Å². The Bertz CT molecular complexity index is 603. The lowest BCUT2D eigenvalue weighted by atomic mass is 9.56. The van der Waals surface area contributed by atoms with E-state index in [4.69, 9.17) is 20.9 Å². The summed E-state index contributed by atoms with van der Waals surface area (Å²) in [5, 5.41) is -1.27. The number of carbonyl (C=O) groups excluding carboxylic acids is 1. The molecule has 2 rings (SSSR count). The molecule has 1 atom stereocenters. The number of hydrogen-bond donors (Lipinski definition) is 0. The van der Waals surface area contributed by atoms with Gasteiger partial charge in [0, 0.05) is 17.0 Å². The van der Waals surface area contributed by atoms with Crippen LogP contribution in [0.15, 0.2) is 24.3 Å². The summed E-state index contributed by atoms with van der Waals surface area (Å²) >= 11 is 5.79. The van der Waals surface area contributed by atoms with Gasteiger partial charge in [0.15, 0.2) is 5.78 Å². The molecule has 0 radical (unpaired) electrons. The Morgan fingerprint density at radius 3 is 2.04 bits per heavy atom. The number of hydrogen-bond acceptors (Lipinski definition) is 3. The number of benzene rings is 1. The van der Waals surface area contributed by atoms with Gasteiger partial charge in [-0.25, -0.2) is 8.78 Å². The molecule has 1 aromatic carbocycles. The number of halogens is 3. The van der Waals surface area contributed by atoms with Crippen LogP contribution in [-0.4, -0.2) is 30.5 Å². The number of alkyl halides is 2. The zero-order valence-corrected chi connectivity index (χ0v) is 15.3. The van der Waals surface area contributed by atoms with E-state index in [0.717, 1.165) is 0 Å². The molecule has 0 N–H and O–H groups in total. The van der Waals surface area contributed by atoms with Crippen LogP contribution in [0.2, 0.25) is 10.3 Å². The van der Waals surface area contributed by atoms with Gasteiger partial charge >= 0.3 is 7.12 Å². The summed E-state index contributed by atoms with van der Waals surface area (Å²) in [6.07, 6.45) is -3.16. The van der Waals surface area contributed by atoms with Crippen LogP contribution in [0.4, 0.5) is 8.78 Å². The van der Waals surface area contributed by atoms with Gasteiger partial charge in [-0.15, -0.1) is 0 Å². The second-order valence-corrected chi connectivity index (χ2v) is 7.94. The van der Waals surface area contributed by atoms with Crippen molar-refractivity contribution in [2.45, 2.75) is 64.0 Å². The minimum absolute atomic E-state index is 0.336. The third kappa shape index (κ3) is 3.51. The van der Waals surface area contributed by atoms with Gasteiger partial charge in [0.2, 0.25) is 6.43 Å². The summed E-state index contributed by atoms with van der Waals surface area (Å²) in [6.45, 7) is 8.49. The van der Waals surface area contributed by atoms with Crippen LogP contribution >= 0.6 is 11.6 Å². The van der Waals surface area contributed by atoms with Crippen molar-refractivity contribution in [1.29, 1.82) is 0 Å². The second-order valence-electron chi connectivity index (χ2n) is 7.50. The monoisotopic (exact) mass is 358 g/mol. The van der Waals surface area contributed by atoms with E-state index in [-0.39, 0.29) is 6.42 Å². The van der Waals surface area contributed by atoms with Crippen molar-refractivity contribution in [3.63, 3.8) is 0 Å². The standard InChI is InChI=1S/C17H22BClF2O3/c1-15(2)16(3,4)24-18(23-15)17(5,14(20)21)10-13(22)11-6-8-12(19)9-7-11/h6-9,14H,10H2,1-5H3/t17-/m0/s1. The lowest BCUT2D eigenvalue weighted by Crippen LogP contribution is -2.41. The molecule has 1 aromatic rings. The smallest absolute Gasteiger partial charge is 0.403 e. The molecule has 1 aliphatic rings. The van der Waals surface area contributed by atoms with Crippen molar-refractivity contribution < 1.29 is 22.9 Å². The molecule has 0 unspecified atom stereocenters.